The number of benzene rings is 2. The van der Waals surface area contributed by atoms with Crippen molar-refractivity contribution in [2.75, 3.05) is 12.8 Å². The van der Waals surface area contributed by atoms with Crippen LogP contribution in [0.3, 0.4) is 0 Å². The Labute approximate surface area is 139 Å². The van der Waals surface area contributed by atoms with Crippen molar-refractivity contribution in [3.63, 3.8) is 0 Å². The van der Waals surface area contributed by atoms with E-state index in [-0.39, 0.29) is 11.7 Å². The summed E-state index contributed by atoms with van der Waals surface area (Å²) in [5.74, 6) is 0.371. The molecule has 1 amide bonds. The van der Waals surface area contributed by atoms with Gasteiger partial charge >= 0.3 is 0 Å². The van der Waals surface area contributed by atoms with Gasteiger partial charge in [-0.2, -0.15) is 0 Å². The summed E-state index contributed by atoms with van der Waals surface area (Å²) in [6, 6.07) is 14.4. The van der Waals surface area contributed by atoms with Gasteiger partial charge in [0.05, 0.1) is 5.75 Å². The van der Waals surface area contributed by atoms with Crippen LogP contribution in [0.15, 0.2) is 48.5 Å². The van der Waals surface area contributed by atoms with E-state index < -0.39 is 0 Å². The number of carbonyl (C=O) groups excluding carboxylic acids is 1. The van der Waals surface area contributed by atoms with Crippen molar-refractivity contribution in [3.8, 4) is 0 Å². The molecule has 0 aliphatic rings. The van der Waals surface area contributed by atoms with E-state index in [9.17, 15) is 9.18 Å². The van der Waals surface area contributed by atoms with E-state index in [0.29, 0.717) is 28.6 Å². The average molecular weight is 338 g/mol. The second-order valence-electron chi connectivity index (χ2n) is 4.93. The molecule has 0 saturated carbocycles. The van der Waals surface area contributed by atoms with Gasteiger partial charge in [-0.05, 0) is 17.7 Å². The predicted molar refractivity (Wildman–Crippen MR) is 90.5 cm³/mol. The van der Waals surface area contributed by atoms with Crippen LogP contribution in [-0.4, -0.2) is 23.6 Å². The number of carbonyl (C=O) groups is 1. The zero-order chi connectivity index (χ0) is 15.9. The fourth-order valence-corrected chi connectivity index (χ4v) is 3.27. The van der Waals surface area contributed by atoms with Gasteiger partial charge in [0, 0.05) is 29.9 Å². The lowest BCUT2D eigenvalue weighted by Gasteiger charge is -2.17. The van der Waals surface area contributed by atoms with E-state index in [4.69, 9.17) is 11.6 Å². The van der Waals surface area contributed by atoms with Crippen LogP contribution in [0.25, 0.3) is 0 Å². The first-order valence-corrected chi connectivity index (χ1v) is 8.39. The number of amides is 1. The molecule has 2 nitrogen and oxygen atoms in total. The van der Waals surface area contributed by atoms with Gasteiger partial charge in [0.15, 0.2) is 0 Å². The van der Waals surface area contributed by atoms with Crippen molar-refractivity contribution in [2.45, 2.75) is 12.3 Å². The number of hydrogen-bond acceptors (Lipinski definition) is 2. The number of thioether (sulfide) groups is 1. The summed E-state index contributed by atoms with van der Waals surface area (Å²) < 4.78 is 13.6. The Morgan fingerprint density at radius 3 is 2.59 bits per heavy atom. The van der Waals surface area contributed by atoms with Gasteiger partial charge in [-0.1, -0.05) is 48.0 Å². The van der Waals surface area contributed by atoms with Crippen LogP contribution in [0.2, 0.25) is 5.02 Å². The van der Waals surface area contributed by atoms with Crippen molar-refractivity contribution in [2.24, 2.45) is 0 Å². The number of hydrogen-bond donors (Lipinski definition) is 0. The second kappa shape index (κ2) is 8.20. The normalized spacial score (nSPS) is 10.5. The minimum Gasteiger partial charge on any atom is -0.341 e. The van der Waals surface area contributed by atoms with Crippen LogP contribution < -0.4 is 0 Å². The van der Waals surface area contributed by atoms with Crippen LogP contribution in [-0.2, 0) is 17.1 Å². The van der Waals surface area contributed by atoms with Crippen LogP contribution in [0.5, 0.6) is 0 Å². The molecule has 0 aliphatic carbocycles. The zero-order valence-corrected chi connectivity index (χ0v) is 13.8. The van der Waals surface area contributed by atoms with E-state index in [1.165, 1.54) is 17.8 Å². The first-order valence-electron chi connectivity index (χ1n) is 6.86. The molecule has 116 valence electrons. The van der Waals surface area contributed by atoms with E-state index in [0.717, 1.165) is 5.56 Å². The maximum Gasteiger partial charge on any atom is 0.232 e. The summed E-state index contributed by atoms with van der Waals surface area (Å²) in [4.78, 5) is 13.8. The molecular formula is C17H17ClFNOS. The maximum absolute atomic E-state index is 13.6. The summed E-state index contributed by atoms with van der Waals surface area (Å²) in [6.07, 6.45) is 0. The quantitative estimate of drug-likeness (QED) is 0.780. The molecule has 2 aromatic rings. The summed E-state index contributed by atoms with van der Waals surface area (Å²) in [5.41, 5.74) is 1.54. The molecule has 2 aromatic carbocycles. The Morgan fingerprint density at radius 1 is 1.18 bits per heavy atom. The van der Waals surface area contributed by atoms with Crippen molar-refractivity contribution in [1.82, 2.24) is 4.90 Å². The van der Waals surface area contributed by atoms with Gasteiger partial charge in [0.25, 0.3) is 0 Å². The molecule has 0 aromatic heterocycles. The molecule has 0 fully saturated rings. The minimum absolute atomic E-state index is 0.0151. The Balaban J connectivity index is 1.82. The highest BCUT2D eigenvalue weighted by Crippen LogP contribution is 2.24. The smallest absolute Gasteiger partial charge is 0.232 e. The molecule has 0 unspecified atom stereocenters. The van der Waals surface area contributed by atoms with Crippen LogP contribution in [0, 0.1) is 5.82 Å². The van der Waals surface area contributed by atoms with Gasteiger partial charge in [0.2, 0.25) is 5.91 Å². The fraction of sp³-hybridized carbons (Fsp3) is 0.235. The summed E-state index contributed by atoms with van der Waals surface area (Å²) >= 11 is 7.33. The number of nitrogens with zero attached hydrogens (tertiary/aromatic N) is 1. The Kier molecular flexibility index (Phi) is 6.28. The fourth-order valence-electron chi connectivity index (χ4n) is 1.97. The lowest BCUT2D eigenvalue weighted by atomic mass is 10.2. The Hall–Kier alpha value is -1.52. The molecule has 5 heteroatoms. The molecule has 0 heterocycles. The van der Waals surface area contributed by atoms with Gasteiger partial charge in [-0.15, -0.1) is 11.8 Å². The molecular weight excluding hydrogens is 321 g/mol. The third-order valence-corrected chi connectivity index (χ3v) is 4.52. The van der Waals surface area contributed by atoms with E-state index in [1.807, 2.05) is 30.3 Å². The molecule has 0 radical (unpaired) electrons. The SMILES string of the molecule is CN(Cc1ccccc1)C(=O)CSCc1c(F)cccc1Cl. The second-order valence-corrected chi connectivity index (χ2v) is 6.32. The number of halogens is 2. The van der Waals surface area contributed by atoms with Crippen molar-refractivity contribution < 1.29 is 9.18 Å². The maximum atomic E-state index is 13.6. The van der Waals surface area contributed by atoms with E-state index >= 15 is 0 Å². The van der Waals surface area contributed by atoms with Crippen LogP contribution in [0.1, 0.15) is 11.1 Å². The van der Waals surface area contributed by atoms with E-state index in [2.05, 4.69) is 0 Å². The van der Waals surface area contributed by atoms with E-state index in [1.54, 1.807) is 24.1 Å². The average Bonchev–Trinajstić information content (AvgIpc) is 2.51. The first-order chi connectivity index (χ1) is 10.6. The first kappa shape index (κ1) is 16.8. The highest BCUT2D eigenvalue weighted by molar-refractivity contribution is 7.99. The molecule has 0 spiro atoms. The largest absolute Gasteiger partial charge is 0.341 e. The molecule has 0 saturated heterocycles. The standard InChI is InChI=1S/C17H17ClFNOS/c1-20(10-13-6-3-2-4-7-13)17(21)12-22-11-14-15(18)8-5-9-16(14)19/h2-9H,10-12H2,1H3. The highest BCUT2D eigenvalue weighted by Gasteiger charge is 2.11. The lowest BCUT2D eigenvalue weighted by Crippen LogP contribution is -2.27. The third kappa shape index (κ3) is 4.75. The molecule has 0 aliphatic heterocycles. The molecule has 0 N–H and O–H groups in total. The predicted octanol–water partition coefficient (Wildman–Crippen LogP) is 4.37. The monoisotopic (exact) mass is 337 g/mol. The lowest BCUT2D eigenvalue weighted by molar-refractivity contribution is -0.127. The summed E-state index contributed by atoms with van der Waals surface area (Å²) in [6.45, 7) is 0.570. The van der Waals surface area contributed by atoms with Gasteiger partial charge < -0.3 is 4.90 Å². The zero-order valence-electron chi connectivity index (χ0n) is 12.3. The number of rotatable bonds is 6. The summed E-state index contributed by atoms with van der Waals surface area (Å²) in [5, 5.41) is 0.401. The molecule has 0 bridgehead atoms. The van der Waals surface area contributed by atoms with Gasteiger partial charge in [-0.3, -0.25) is 4.79 Å². The third-order valence-electron chi connectivity index (χ3n) is 3.22. The van der Waals surface area contributed by atoms with Gasteiger partial charge in [-0.25, -0.2) is 4.39 Å². The minimum atomic E-state index is -0.329. The van der Waals surface area contributed by atoms with Crippen molar-refractivity contribution >= 4 is 29.3 Å². The van der Waals surface area contributed by atoms with Gasteiger partial charge in [0.1, 0.15) is 5.82 Å². The highest BCUT2D eigenvalue weighted by atomic mass is 35.5. The van der Waals surface area contributed by atoms with Crippen molar-refractivity contribution in [3.05, 3.63) is 70.5 Å². The van der Waals surface area contributed by atoms with Crippen LogP contribution in [0.4, 0.5) is 4.39 Å². The summed E-state index contributed by atoms with van der Waals surface area (Å²) in [7, 11) is 1.77. The van der Waals surface area contributed by atoms with Crippen LogP contribution >= 0.6 is 23.4 Å². The topological polar surface area (TPSA) is 20.3 Å². The molecule has 22 heavy (non-hydrogen) atoms. The molecule has 0 atom stereocenters. The van der Waals surface area contributed by atoms with Crippen molar-refractivity contribution in [1.29, 1.82) is 0 Å². The Bertz CT molecular complexity index is 616. The molecule has 2 rings (SSSR count). The Morgan fingerprint density at radius 2 is 1.91 bits per heavy atom.